The second kappa shape index (κ2) is 7.59. The lowest BCUT2D eigenvalue weighted by atomic mass is 10.0. The second-order valence-corrected chi connectivity index (χ2v) is 7.79. The Kier molecular flexibility index (Phi) is 4.77. The summed E-state index contributed by atoms with van der Waals surface area (Å²) in [5.41, 5.74) is 3.60. The van der Waals surface area contributed by atoms with E-state index >= 15 is 0 Å². The van der Waals surface area contributed by atoms with Crippen molar-refractivity contribution in [2.24, 2.45) is 0 Å². The van der Waals surface area contributed by atoms with E-state index in [1.807, 2.05) is 42.5 Å². The molecular formula is C23H15Cl2FN4. The summed E-state index contributed by atoms with van der Waals surface area (Å²) >= 11 is 12.0. The highest BCUT2D eigenvalue weighted by molar-refractivity contribution is 6.30. The Morgan fingerprint density at radius 3 is 2.03 bits per heavy atom. The molecule has 5 rings (SSSR count). The molecule has 4 aromatic rings. The summed E-state index contributed by atoms with van der Waals surface area (Å²) in [6, 6.07) is 21.1. The number of nitrogens with zero attached hydrogens (tertiary/aromatic N) is 3. The Hall–Kier alpha value is -3.15. The molecule has 2 heterocycles. The molecule has 1 N–H and O–H groups in total. The highest BCUT2D eigenvalue weighted by Crippen LogP contribution is 2.34. The molecule has 0 fully saturated rings. The lowest BCUT2D eigenvalue weighted by Crippen LogP contribution is -2.20. The SMILES string of the molecule is Fc1ccc([C@H]2C=C(c3ccc(Cl)cc3)Nc3nc(-c4ccc(Cl)cc4)nn32)cc1. The Morgan fingerprint density at radius 1 is 0.800 bits per heavy atom. The third-order valence-corrected chi connectivity index (χ3v) is 5.44. The Labute approximate surface area is 182 Å². The monoisotopic (exact) mass is 436 g/mol. The van der Waals surface area contributed by atoms with Crippen molar-refractivity contribution in [3.8, 4) is 11.4 Å². The van der Waals surface area contributed by atoms with Crippen molar-refractivity contribution < 1.29 is 4.39 Å². The maximum Gasteiger partial charge on any atom is 0.227 e. The third kappa shape index (κ3) is 3.58. The van der Waals surface area contributed by atoms with Crippen LogP contribution in [0.5, 0.6) is 0 Å². The maximum absolute atomic E-state index is 13.5. The van der Waals surface area contributed by atoms with Gasteiger partial charge >= 0.3 is 0 Å². The summed E-state index contributed by atoms with van der Waals surface area (Å²) in [7, 11) is 0. The zero-order valence-electron chi connectivity index (χ0n) is 15.6. The van der Waals surface area contributed by atoms with Gasteiger partial charge in [-0.05, 0) is 65.7 Å². The number of allylic oxidation sites excluding steroid dienone is 1. The Balaban J connectivity index is 1.61. The van der Waals surface area contributed by atoms with Crippen LogP contribution in [0.25, 0.3) is 17.1 Å². The van der Waals surface area contributed by atoms with Crippen molar-refractivity contribution in [3.05, 3.63) is 106 Å². The van der Waals surface area contributed by atoms with Gasteiger partial charge in [0, 0.05) is 21.3 Å². The van der Waals surface area contributed by atoms with Crippen LogP contribution in [0.1, 0.15) is 17.2 Å². The molecule has 4 nitrogen and oxygen atoms in total. The van der Waals surface area contributed by atoms with Gasteiger partial charge in [-0.25, -0.2) is 9.07 Å². The number of hydrogen-bond acceptors (Lipinski definition) is 3. The number of rotatable bonds is 3. The van der Waals surface area contributed by atoms with Gasteiger partial charge in [-0.15, -0.1) is 5.10 Å². The van der Waals surface area contributed by atoms with Crippen LogP contribution in [-0.2, 0) is 0 Å². The third-order valence-electron chi connectivity index (χ3n) is 4.93. The predicted octanol–water partition coefficient (Wildman–Crippen LogP) is 6.45. The highest BCUT2D eigenvalue weighted by atomic mass is 35.5. The van der Waals surface area contributed by atoms with Gasteiger partial charge in [0.05, 0.1) is 0 Å². The summed E-state index contributed by atoms with van der Waals surface area (Å²) < 4.78 is 15.3. The van der Waals surface area contributed by atoms with E-state index in [0.717, 1.165) is 22.4 Å². The molecule has 0 saturated heterocycles. The van der Waals surface area contributed by atoms with Crippen LogP contribution >= 0.6 is 23.2 Å². The molecular weight excluding hydrogens is 422 g/mol. The summed E-state index contributed by atoms with van der Waals surface area (Å²) in [6.07, 6.45) is 2.05. The average molecular weight is 437 g/mol. The first-order chi connectivity index (χ1) is 14.6. The molecule has 0 saturated carbocycles. The summed E-state index contributed by atoms with van der Waals surface area (Å²) in [5, 5.41) is 9.38. The van der Waals surface area contributed by atoms with Crippen LogP contribution in [0, 0.1) is 5.82 Å². The Morgan fingerprint density at radius 2 is 1.40 bits per heavy atom. The molecule has 0 unspecified atom stereocenters. The molecule has 1 aliphatic rings. The highest BCUT2D eigenvalue weighted by Gasteiger charge is 2.25. The molecule has 1 aliphatic heterocycles. The summed E-state index contributed by atoms with van der Waals surface area (Å²) in [5.74, 6) is 0.893. The zero-order chi connectivity index (χ0) is 20.7. The van der Waals surface area contributed by atoms with E-state index in [-0.39, 0.29) is 11.9 Å². The predicted molar refractivity (Wildman–Crippen MR) is 118 cm³/mol. The van der Waals surface area contributed by atoms with Crippen LogP contribution in [0.2, 0.25) is 10.0 Å². The van der Waals surface area contributed by atoms with Crippen LogP contribution in [0.4, 0.5) is 10.3 Å². The first kappa shape index (κ1) is 18.9. The van der Waals surface area contributed by atoms with E-state index in [1.54, 1.807) is 28.9 Å². The number of anilines is 1. The standard InChI is InChI=1S/C23H15Cl2FN4/c24-17-7-1-14(2-8-17)20-13-21(15-5-11-19(26)12-6-15)30-23(27-20)28-22(29-30)16-3-9-18(25)10-4-16/h1-13,21H,(H,27,28,29)/t21-/m1/s1. The molecule has 0 spiro atoms. The van der Waals surface area contributed by atoms with Gasteiger partial charge in [-0.1, -0.05) is 47.5 Å². The molecule has 1 atom stereocenters. The van der Waals surface area contributed by atoms with Crippen molar-refractivity contribution in [1.82, 2.24) is 14.8 Å². The van der Waals surface area contributed by atoms with E-state index < -0.39 is 0 Å². The fraction of sp³-hybridized carbons (Fsp3) is 0.0435. The van der Waals surface area contributed by atoms with Gasteiger partial charge in [0.2, 0.25) is 5.95 Å². The molecule has 0 aliphatic carbocycles. The minimum Gasteiger partial charge on any atom is -0.324 e. The van der Waals surface area contributed by atoms with Crippen LogP contribution in [0.15, 0.2) is 78.9 Å². The molecule has 1 aromatic heterocycles. The lowest BCUT2D eigenvalue weighted by molar-refractivity contribution is 0.604. The van der Waals surface area contributed by atoms with E-state index in [0.29, 0.717) is 21.8 Å². The summed E-state index contributed by atoms with van der Waals surface area (Å²) in [4.78, 5) is 4.69. The van der Waals surface area contributed by atoms with Gasteiger partial charge in [0.25, 0.3) is 0 Å². The number of benzene rings is 3. The minimum absolute atomic E-state index is 0.249. The quantitative estimate of drug-likeness (QED) is 0.401. The van der Waals surface area contributed by atoms with Gasteiger partial charge < -0.3 is 5.32 Å². The maximum atomic E-state index is 13.5. The molecule has 3 aromatic carbocycles. The van der Waals surface area contributed by atoms with Gasteiger partial charge in [-0.3, -0.25) is 0 Å². The number of halogens is 3. The molecule has 30 heavy (non-hydrogen) atoms. The van der Waals surface area contributed by atoms with Crippen molar-refractivity contribution in [3.63, 3.8) is 0 Å². The number of aromatic nitrogens is 3. The average Bonchev–Trinajstić information content (AvgIpc) is 3.19. The topological polar surface area (TPSA) is 42.7 Å². The van der Waals surface area contributed by atoms with Crippen LogP contribution in [-0.4, -0.2) is 14.8 Å². The van der Waals surface area contributed by atoms with E-state index in [2.05, 4.69) is 5.32 Å². The normalized spacial score (nSPS) is 15.3. The minimum atomic E-state index is -0.282. The molecule has 0 amide bonds. The van der Waals surface area contributed by atoms with Crippen molar-refractivity contribution in [1.29, 1.82) is 0 Å². The molecule has 0 bridgehead atoms. The first-order valence-corrected chi connectivity index (χ1v) is 10.1. The van der Waals surface area contributed by atoms with Crippen molar-refractivity contribution >= 4 is 34.8 Å². The van der Waals surface area contributed by atoms with E-state index in [4.69, 9.17) is 33.3 Å². The largest absolute Gasteiger partial charge is 0.324 e. The van der Waals surface area contributed by atoms with E-state index in [9.17, 15) is 4.39 Å². The van der Waals surface area contributed by atoms with Crippen LogP contribution < -0.4 is 5.32 Å². The first-order valence-electron chi connectivity index (χ1n) is 9.29. The van der Waals surface area contributed by atoms with Gasteiger partial charge in [-0.2, -0.15) is 4.98 Å². The summed E-state index contributed by atoms with van der Waals surface area (Å²) in [6.45, 7) is 0. The molecule has 7 heteroatoms. The molecule has 148 valence electrons. The molecule has 0 radical (unpaired) electrons. The van der Waals surface area contributed by atoms with Gasteiger partial charge in [0.1, 0.15) is 11.9 Å². The fourth-order valence-electron chi connectivity index (χ4n) is 3.41. The van der Waals surface area contributed by atoms with Gasteiger partial charge in [0.15, 0.2) is 5.82 Å². The van der Waals surface area contributed by atoms with Crippen molar-refractivity contribution in [2.45, 2.75) is 6.04 Å². The number of fused-ring (bicyclic) bond motifs is 1. The van der Waals surface area contributed by atoms with E-state index in [1.165, 1.54) is 12.1 Å². The van der Waals surface area contributed by atoms with Crippen molar-refractivity contribution in [2.75, 3.05) is 5.32 Å². The lowest BCUT2D eigenvalue weighted by Gasteiger charge is -2.24. The zero-order valence-corrected chi connectivity index (χ0v) is 17.1. The fourth-order valence-corrected chi connectivity index (χ4v) is 3.66. The Bertz CT molecular complexity index is 1230. The number of hydrogen-bond donors (Lipinski definition) is 1. The second-order valence-electron chi connectivity index (χ2n) is 6.92. The number of nitrogens with one attached hydrogen (secondary N) is 1. The van der Waals surface area contributed by atoms with Crippen LogP contribution in [0.3, 0.4) is 0 Å². The smallest absolute Gasteiger partial charge is 0.227 e.